The van der Waals surface area contributed by atoms with E-state index in [1.807, 2.05) is 36.4 Å². The van der Waals surface area contributed by atoms with Crippen LogP contribution in [0.5, 0.6) is 0 Å². The molecule has 4 heteroatoms. The maximum absolute atomic E-state index is 5.92. The molecule has 0 unspecified atom stereocenters. The van der Waals surface area contributed by atoms with Crippen LogP contribution in [-0.2, 0) is 24.3 Å². The molecule has 0 saturated carbocycles. The summed E-state index contributed by atoms with van der Waals surface area (Å²) in [5, 5.41) is 3.10. The normalized spacial score (nSPS) is 11.5. The lowest BCUT2D eigenvalue weighted by Crippen LogP contribution is -2.22. The van der Waals surface area contributed by atoms with Crippen molar-refractivity contribution >= 4 is 11.6 Å². The van der Waals surface area contributed by atoms with Gasteiger partial charge in [0.05, 0.1) is 13.2 Å². The van der Waals surface area contributed by atoms with Gasteiger partial charge >= 0.3 is 0 Å². The highest BCUT2D eigenvalue weighted by Crippen LogP contribution is 2.10. The molecular formula is C18H23N3O. The standard InChI is InChI=1S/C18H23N3O/c1-3-14-8-10-17(11-9-14)21-18(19)20-12-15-4-6-16(7-5-15)13-22-2/h4-11H,3,12-13H2,1-2H3,(H3,19,20,21). The molecule has 2 aromatic carbocycles. The molecule has 0 fully saturated rings. The van der Waals surface area contributed by atoms with Crippen molar-refractivity contribution in [3.63, 3.8) is 0 Å². The lowest BCUT2D eigenvalue weighted by atomic mass is 10.1. The van der Waals surface area contributed by atoms with Crippen molar-refractivity contribution in [1.29, 1.82) is 0 Å². The van der Waals surface area contributed by atoms with Crippen molar-refractivity contribution in [2.24, 2.45) is 10.7 Å². The molecule has 0 radical (unpaired) electrons. The molecule has 0 saturated heterocycles. The first-order valence-electron chi connectivity index (χ1n) is 7.44. The van der Waals surface area contributed by atoms with Gasteiger partial charge in [0.15, 0.2) is 5.96 Å². The summed E-state index contributed by atoms with van der Waals surface area (Å²) >= 11 is 0. The van der Waals surface area contributed by atoms with Crippen LogP contribution in [0.2, 0.25) is 0 Å². The number of aryl methyl sites for hydroxylation is 1. The number of benzene rings is 2. The molecule has 0 amide bonds. The highest BCUT2D eigenvalue weighted by molar-refractivity contribution is 5.92. The summed E-state index contributed by atoms with van der Waals surface area (Å²) in [6.07, 6.45) is 1.03. The average molecular weight is 297 g/mol. The molecule has 0 aliphatic heterocycles. The molecule has 0 aromatic heterocycles. The highest BCUT2D eigenvalue weighted by atomic mass is 16.5. The molecule has 0 aliphatic carbocycles. The van der Waals surface area contributed by atoms with E-state index < -0.39 is 0 Å². The number of hydrogen-bond acceptors (Lipinski definition) is 2. The van der Waals surface area contributed by atoms with Crippen LogP contribution in [-0.4, -0.2) is 13.1 Å². The second kappa shape index (κ2) is 8.20. The van der Waals surface area contributed by atoms with Gasteiger partial charge in [0.2, 0.25) is 0 Å². The largest absolute Gasteiger partial charge is 0.380 e. The summed E-state index contributed by atoms with van der Waals surface area (Å²) in [4.78, 5) is 4.36. The fourth-order valence-corrected chi connectivity index (χ4v) is 2.10. The van der Waals surface area contributed by atoms with Crippen LogP contribution in [0.15, 0.2) is 53.5 Å². The van der Waals surface area contributed by atoms with E-state index in [1.165, 1.54) is 5.56 Å². The van der Waals surface area contributed by atoms with E-state index in [-0.39, 0.29) is 0 Å². The number of nitrogens with zero attached hydrogens (tertiary/aromatic N) is 1. The monoisotopic (exact) mass is 297 g/mol. The number of anilines is 1. The van der Waals surface area contributed by atoms with Gasteiger partial charge in [-0.3, -0.25) is 0 Å². The van der Waals surface area contributed by atoms with Crippen LogP contribution < -0.4 is 11.1 Å². The first-order valence-corrected chi connectivity index (χ1v) is 7.44. The van der Waals surface area contributed by atoms with Crippen molar-refractivity contribution in [1.82, 2.24) is 0 Å². The topological polar surface area (TPSA) is 59.6 Å². The lowest BCUT2D eigenvalue weighted by molar-refractivity contribution is 0.185. The van der Waals surface area contributed by atoms with Gasteiger partial charge in [-0.2, -0.15) is 0 Å². The van der Waals surface area contributed by atoms with Gasteiger partial charge in [-0.05, 0) is 35.2 Å². The Balaban J connectivity index is 1.91. The first-order chi connectivity index (χ1) is 10.7. The smallest absolute Gasteiger partial charge is 0.193 e. The molecule has 0 atom stereocenters. The fourth-order valence-electron chi connectivity index (χ4n) is 2.10. The number of methoxy groups -OCH3 is 1. The second-order valence-corrected chi connectivity index (χ2v) is 5.13. The van der Waals surface area contributed by atoms with Gasteiger partial charge in [0.1, 0.15) is 0 Å². The Hall–Kier alpha value is -2.33. The number of hydrogen-bond donors (Lipinski definition) is 2. The number of ether oxygens (including phenoxy) is 1. The molecular weight excluding hydrogens is 274 g/mol. The lowest BCUT2D eigenvalue weighted by Gasteiger charge is -2.07. The van der Waals surface area contributed by atoms with Gasteiger partial charge in [0, 0.05) is 12.8 Å². The van der Waals surface area contributed by atoms with Crippen molar-refractivity contribution in [3.05, 3.63) is 65.2 Å². The highest BCUT2D eigenvalue weighted by Gasteiger charge is 1.97. The Morgan fingerprint density at radius 3 is 2.18 bits per heavy atom. The number of aliphatic imine (C=N–C) groups is 1. The van der Waals surface area contributed by atoms with E-state index in [4.69, 9.17) is 10.5 Å². The number of nitrogens with one attached hydrogen (secondary N) is 1. The fraction of sp³-hybridized carbons (Fsp3) is 0.278. The summed E-state index contributed by atoms with van der Waals surface area (Å²) in [5.41, 5.74) is 10.4. The summed E-state index contributed by atoms with van der Waals surface area (Å²) < 4.78 is 5.09. The predicted octanol–water partition coefficient (Wildman–Crippen LogP) is 3.32. The molecule has 2 aromatic rings. The third kappa shape index (κ3) is 4.90. The Kier molecular flexibility index (Phi) is 5.98. The van der Waals surface area contributed by atoms with E-state index >= 15 is 0 Å². The molecule has 22 heavy (non-hydrogen) atoms. The van der Waals surface area contributed by atoms with Crippen LogP contribution in [0.3, 0.4) is 0 Å². The maximum atomic E-state index is 5.92. The molecule has 4 nitrogen and oxygen atoms in total. The summed E-state index contributed by atoms with van der Waals surface area (Å²) in [5.74, 6) is 0.421. The zero-order valence-corrected chi connectivity index (χ0v) is 13.2. The zero-order valence-electron chi connectivity index (χ0n) is 13.2. The minimum Gasteiger partial charge on any atom is -0.380 e. The van der Waals surface area contributed by atoms with Crippen LogP contribution >= 0.6 is 0 Å². The molecule has 0 heterocycles. The molecule has 0 spiro atoms. The van der Waals surface area contributed by atoms with Crippen LogP contribution in [0, 0.1) is 0 Å². The number of rotatable bonds is 6. The van der Waals surface area contributed by atoms with Crippen molar-refractivity contribution in [2.75, 3.05) is 12.4 Å². The minimum atomic E-state index is 0.421. The van der Waals surface area contributed by atoms with E-state index in [0.29, 0.717) is 19.1 Å². The Labute approximate surface area is 132 Å². The van der Waals surface area contributed by atoms with Crippen molar-refractivity contribution in [2.45, 2.75) is 26.5 Å². The van der Waals surface area contributed by atoms with E-state index in [1.54, 1.807) is 7.11 Å². The molecule has 116 valence electrons. The number of guanidine groups is 1. The van der Waals surface area contributed by atoms with E-state index in [0.717, 1.165) is 23.2 Å². The van der Waals surface area contributed by atoms with E-state index in [2.05, 4.69) is 29.4 Å². The minimum absolute atomic E-state index is 0.421. The van der Waals surface area contributed by atoms with Crippen LogP contribution in [0.25, 0.3) is 0 Å². The third-order valence-corrected chi connectivity index (χ3v) is 3.40. The summed E-state index contributed by atoms with van der Waals surface area (Å²) in [6, 6.07) is 16.4. The maximum Gasteiger partial charge on any atom is 0.193 e. The van der Waals surface area contributed by atoms with Crippen molar-refractivity contribution < 1.29 is 4.74 Å². The van der Waals surface area contributed by atoms with Gasteiger partial charge in [-0.15, -0.1) is 0 Å². The first kappa shape index (κ1) is 16.0. The van der Waals surface area contributed by atoms with E-state index in [9.17, 15) is 0 Å². The Morgan fingerprint density at radius 1 is 1.00 bits per heavy atom. The van der Waals surface area contributed by atoms with Crippen LogP contribution in [0.4, 0.5) is 5.69 Å². The molecule has 0 bridgehead atoms. The summed E-state index contributed by atoms with van der Waals surface area (Å²) in [6.45, 7) is 3.32. The quantitative estimate of drug-likeness (QED) is 0.635. The van der Waals surface area contributed by atoms with Crippen molar-refractivity contribution in [3.8, 4) is 0 Å². The molecule has 2 rings (SSSR count). The average Bonchev–Trinajstić information content (AvgIpc) is 2.55. The molecule has 3 N–H and O–H groups in total. The third-order valence-electron chi connectivity index (χ3n) is 3.40. The second-order valence-electron chi connectivity index (χ2n) is 5.13. The SMILES string of the molecule is CCc1ccc(NC(N)=NCc2ccc(COC)cc2)cc1. The Bertz CT molecular complexity index is 603. The predicted molar refractivity (Wildman–Crippen MR) is 91.9 cm³/mol. The molecule has 0 aliphatic rings. The van der Waals surface area contributed by atoms with Gasteiger partial charge in [0.25, 0.3) is 0 Å². The van der Waals surface area contributed by atoms with Gasteiger partial charge in [-0.25, -0.2) is 4.99 Å². The zero-order chi connectivity index (χ0) is 15.8. The number of nitrogens with two attached hydrogens (primary N) is 1. The van der Waals surface area contributed by atoms with Crippen LogP contribution in [0.1, 0.15) is 23.6 Å². The summed E-state index contributed by atoms with van der Waals surface area (Å²) in [7, 11) is 1.69. The Morgan fingerprint density at radius 2 is 1.59 bits per heavy atom. The van der Waals surface area contributed by atoms with Gasteiger partial charge in [-0.1, -0.05) is 43.3 Å². The van der Waals surface area contributed by atoms with Gasteiger partial charge < -0.3 is 15.8 Å².